The molecule has 0 saturated carbocycles. The van der Waals surface area contributed by atoms with E-state index < -0.39 is 0 Å². The van der Waals surface area contributed by atoms with E-state index in [-0.39, 0.29) is 11.5 Å². The lowest BCUT2D eigenvalue weighted by molar-refractivity contribution is 0.150. The van der Waals surface area contributed by atoms with E-state index >= 15 is 0 Å². The molecular weight excluding hydrogens is 248 g/mol. The number of hydrogen-bond donors (Lipinski definition) is 2. The van der Waals surface area contributed by atoms with Crippen molar-refractivity contribution < 1.29 is 4.74 Å². The van der Waals surface area contributed by atoms with Crippen LogP contribution in [-0.2, 0) is 11.2 Å². The fraction of sp³-hybridized carbons (Fsp3) is 0.647. The first-order valence-corrected chi connectivity index (χ1v) is 7.53. The zero-order valence-corrected chi connectivity index (χ0v) is 13.2. The molecule has 3 nitrogen and oxygen atoms in total. The normalized spacial score (nSPS) is 13.4. The maximum Gasteiger partial charge on any atom is 0.0467 e. The van der Waals surface area contributed by atoms with Crippen molar-refractivity contribution in [3.63, 3.8) is 0 Å². The van der Waals surface area contributed by atoms with E-state index in [2.05, 4.69) is 43.4 Å². The summed E-state index contributed by atoms with van der Waals surface area (Å²) >= 11 is 0. The number of methoxy groups -OCH3 is 1. The van der Waals surface area contributed by atoms with Crippen molar-refractivity contribution >= 4 is 0 Å². The Morgan fingerprint density at radius 1 is 1.25 bits per heavy atom. The topological polar surface area (TPSA) is 47.3 Å². The standard InChI is InChI=1S/C17H30N2O/c1-17(2,11-12-20-3)14-19-13-16(18)10-9-15-7-5-4-6-8-15/h4-8,16,19H,9-14,18H2,1-3H3. The van der Waals surface area contributed by atoms with Gasteiger partial charge in [-0.3, -0.25) is 0 Å². The van der Waals surface area contributed by atoms with Gasteiger partial charge in [0.1, 0.15) is 0 Å². The molecular formula is C17H30N2O. The molecule has 20 heavy (non-hydrogen) atoms. The molecule has 0 aromatic heterocycles. The van der Waals surface area contributed by atoms with Crippen molar-refractivity contribution in [3.8, 4) is 0 Å². The number of hydrogen-bond acceptors (Lipinski definition) is 3. The number of nitrogens with two attached hydrogens (primary N) is 1. The summed E-state index contributed by atoms with van der Waals surface area (Å²) in [5.74, 6) is 0. The fourth-order valence-electron chi connectivity index (χ4n) is 2.16. The molecule has 0 spiro atoms. The third kappa shape index (κ3) is 7.63. The molecule has 0 aliphatic heterocycles. The lowest BCUT2D eigenvalue weighted by atomic mass is 9.89. The first-order chi connectivity index (χ1) is 9.53. The molecule has 0 aliphatic rings. The average molecular weight is 278 g/mol. The number of benzene rings is 1. The van der Waals surface area contributed by atoms with Gasteiger partial charge in [-0.25, -0.2) is 0 Å². The second-order valence-corrected chi connectivity index (χ2v) is 6.32. The summed E-state index contributed by atoms with van der Waals surface area (Å²) in [6.07, 6.45) is 3.14. The highest BCUT2D eigenvalue weighted by atomic mass is 16.5. The number of rotatable bonds is 10. The predicted octanol–water partition coefficient (Wildman–Crippen LogP) is 2.60. The van der Waals surface area contributed by atoms with Gasteiger partial charge in [0, 0.05) is 32.8 Å². The monoisotopic (exact) mass is 278 g/mol. The molecule has 0 heterocycles. The lowest BCUT2D eigenvalue weighted by Gasteiger charge is -2.25. The second-order valence-electron chi connectivity index (χ2n) is 6.32. The van der Waals surface area contributed by atoms with Crippen LogP contribution in [0.2, 0.25) is 0 Å². The van der Waals surface area contributed by atoms with Crippen LogP contribution in [0.25, 0.3) is 0 Å². The molecule has 1 unspecified atom stereocenters. The van der Waals surface area contributed by atoms with Crippen LogP contribution in [0.4, 0.5) is 0 Å². The Hall–Kier alpha value is -0.900. The summed E-state index contributed by atoms with van der Waals surface area (Å²) in [5, 5.41) is 3.49. The van der Waals surface area contributed by atoms with Gasteiger partial charge in [0.25, 0.3) is 0 Å². The van der Waals surface area contributed by atoms with Crippen LogP contribution in [0.5, 0.6) is 0 Å². The first-order valence-electron chi connectivity index (χ1n) is 7.53. The highest BCUT2D eigenvalue weighted by Crippen LogP contribution is 2.18. The molecule has 1 aromatic rings. The van der Waals surface area contributed by atoms with Crippen LogP contribution >= 0.6 is 0 Å². The van der Waals surface area contributed by atoms with Gasteiger partial charge in [-0.15, -0.1) is 0 Å². The van der Waals surface area contributed by atoms with Crippen LogP contribution in [0.1, 0.15) is 32.3 Å². The summed E-state index contributed by atoms with van der Waals surface area (Å²) in [6.45, 7) is 7.19. The van der Waals surface area contributed by atoms with Gasteiger partial charge < -0.3 is 15.8 Å². The average Bonchev–Trinajstić information content (AvgIpc) is 2.44. The first kappa shape index (κ1) is 17.2. The maximum absolute atomic E-state index is 6.16. The summed E-state index contributed by atoms with van der Waals surface area (Å²) in [6, 6.07) is 10.7. The van der Waals surface area contributed by atoms with Gasteiger partial charge in [-0.1, -0.05) is 44.2 Å². The third-order valence-electron chi connectivity index (χ3n) is 3.64. The lowest BCUT2D eigenvalue weighted by Crippen LogP contribution is -2.39. The Balaban J connectivity index is 2.15. The molecule has 0 fully saturated rings. The van der Waals surface area contributed by atoms with Crippen molar-refractivity contribution in [2.45, 2.75) is 39.2 Å². The van der Waals surface area contributed by atoms with Crippen LogP contribution < -0.4 is 11.1 Å². The molecule has 0 aliphatic carbocycles. The van der Waals surface area contributed by atoms with E-state index in [4.69, 9.17) is 10.5 Å². The molecule has 1 rings (SSSR count). The number of ether oxygens (including phenoxy) is 1. The van der Waals surface area contributed by atoms with E-state index in [0.717, 1.165) is 39.0 Å². The SMILES string of the molecule is COCCC(C)(C)CNCC(N)CCc1ccccc1. The summed E-state index contributed by atoms with van der Waals surface area (Å²) < 4.78 is 5.14. The Labute approximate surface area is 123 Å². The Morgan fingerprint density at radius 2 is 1.95 bits per heavy atom. The van der Waals surface area contributed by atoms with Crippen molar-refractivity contribution in [3.05, 3.63) is 35.9 Å². The van der Waals surface area contributed by atoms with E-state index in [9.17, 15) is 0 Å². The summed E-state index contributed by atoms with van der Waals surface area (Å²) in [4.78, 5) is 0. The van der Waals surface area contributed by atoms with Gasteiger partial charge in [0.15, 0.2) is 0 Å². The van der Waals surface area contributed by atoms with E-state index in [0.29, 0.717) is 0 Å². The van der Waals surface area contributed by atoms with Crippen molar-refractivity contribution in [1.82, 2.24) is 5.32 Å². The number of nitrogens with one attached hydrogen (secondary N) is 1. The minimum absolute atomic E-state index is 0.216. The molecule has 3 N–H and O–H groups in total. The minimum Gasteiger partial charge on any atom is -0.385 e. The predicted molar refractivity (Wildman–Crippen MR) is 85.9 cm³/mol. The smallest absolute Gasteiger partial charge is 0.0467 e. The van der Waals surface area contributed by atoms with Gasteiger partial charge in [0.05, 0.1) is 0 Å². The summed E-state index contributed by atoms with van der Waals surface area (Å²) in [5.41, 5.74) is 7.79. The van der Waals surface area contributed by atoms with Crippen molar-refractivity contribution in [2.75, 3.05) is 26.8 Å². The van der Waals surface area contributed by atoms with Gasteiger partial charge in [-0.2, -0.15) is 0 Å². The van der Waals surface area contributed by atoms with Crippen molar-refractivity contribution in [1.29, 1.82) is 0 Å². The van der Waals surface area contributed by atoms with Gasteiger partial charge in [-0.05, 0) is 30.2 Å². The quantitative estimate of drug-likeness (QED) is 0.691. The highest BCUT2D eigenvalue weighted by Gasteiger charge is 2.17. The van der Waals surface area contributed by atoms with Gasteiger partial charge in [0.2, 0.25) is 0 Å². The van der Waals surface area contributed by atoms with Crippen LogP contribution in [0, 0.1) is 5.41 Å². The Morgan fingerprint density at radius 3 is 2.60 bits per heavy atom. The molecule has 0 radical (unpaired) electrons. The molecule has 0 amide bonds. The number of aryl methyl sites for hydroxylation is 1. The molecule has 3 heteroatoms. The molecule has 0 bridgehead atoms. The largest absolute Gasteiger partial charge is 0.385 e. The summed E-state index contributed by atoms with van der Waals surface area (Å²) in [7, 11) is 1.75. The van der Waals surface area contributed by atoms with Crippen LogP contribution in [0.15, 0.2) is 30.3 Å². The molecule has 1 aromatic carbocycles. The Kier molecular flexibility index (Phi) is 7.82. The van der Waals surface area contributed by atoms with Crippen LogP contribution in [0.3, 0.4) is 0 Å². The van der Waals surface area contributed by atoms with Crippen molar-refractivity contribution in [2.24, 2.45) is 11.1 Å². The molecule has 1 atom stereocenters. The van der Waals surface area contributed by atoms with Crippen LogP contribution in [-0.4, -0.2) is 32.8 Å². The van der Waals surface area contributed by atoms with E-state index in [1.807, 2.05) is 6.07 Å². The molecule has 114 valence electrons. The third-order valence-corrected chi connectivity index (χ3v) is 3.64. The van der Waals surface area contributed by atoms with E-state index in [1.54, 1.807) is 7.11 Å². The Bertz CT molecular complexity index is 351. The van der Waals surface area contributed by atoms with Gasteiger partial charge >= 0.3 is 0 Å². The fourth-order valence-corrected chi connectivity index (χ4v) is 2.16. The highest BCUT2D eigenvalue weighted by molar-refractivity contribution is 5.14. The maximum atomic E-state index is 6.16. The second kappa shape index (κ2) is 9.11. The molecule has 0 saturated heterocycles. The zero-order valence-electron chi connectivity index (χ0n) is 13.2. The zero-order chi connectivity index (χ0) is 14.8. The van der Waals surface area contributed by atoms with E-state index in [1.165, 1.54) is 5.56 Å². The minimum atomic E-state index is 0.216.